The smallest absolute Gasteiger partial charge is 0.0535 e. The van der Waals surface area contributed by atoms with Gasteiger partial charge in [-0.1, -0.05) is 244 Å². The van der Waals surface area contributed by atoms with E-state index in [2.05, 4.69) is 27.7 Å². The maximum Gasteiger partial charge on any atom is 0.0535 e. The quantitative estimate of drug-likeness (QED) is 0.0538. The molecule has 1 heteroatoms. The van der Waals surface area contributed by atoms with E-state index in [1.54, 1.807) is 49.9 Å². The molecular weight excluding hydrogens is 485 g/mol. The van der Waals surface area contributed by atoms with Crippen LogP contribution in [0, 0.1) is 0 Å². The maximum absolute atomic E-state index is 2.35. The van der Waals surface area contributed by atoms with Crippen LogP contribution in [0.15, 0.2) is 0 Å². The van der Waals surface area contributed by atoms with Crippen molar-refractivity contribution in [2.24, 2.45) is 0 Å². The van der Waals surface area contributed by atoms with Crippen LogP contribution in [-0.4, -0.2) is 8.07 Å². The van der Waals surface area contributed by atoms with Gasteiger partial charge in [-0.2, -0.15) is 0 Å². The van der Waals surface area contributed by atoms with Crippen molar-refractivity contribution in [3.63, 3.8) is 0 Å². The first kappa shape index (κ1) is 39.2. The summed E-state index contributed by atoms with van der Waals surface area (Å²) in [6.07, 6.45) is 44.7. The molecule has 0 fully saturated rings. The largest absolute Gasteiger partial charge is 0.0654 e. The van der Waals surface area contributed by atoms with Crippen molar-refractivity contribution >= 4 is 8.07 Å². The fourth-order valence-corrected chi connectivity index (χ4v) is 12.4. The van der Waals surface area contributed by atoms with Gasteiger partial charge in [0.25, 0.3) is 0 Å². The second-order valence-electron chi connectivity index (χ2n) is 13.7. The van der Waals surface area contributed by atoms with Crippen LogP contribution in [0.1, 0.15) is 220 Å². The monoisotopic (exact) mass is 565 g/mol. The lowest BCUT2D eigenvalue weighted by atomic mass is 10.1. The van der Waals surface area contributed by atoms with Crippen LogP contribution in [0.3, 0.4) is 0 Å². The Balaban J connectivity index is 4.62. The zero-order valence-electron chi connectivity index (χ0n) is 28.5. The zero-order valence-corrected chi connectivity index (χ0v) is 29.5. The third kappa shape index (κ3) is 28.1. The highest BCUT2D eigenvalue weighted by Crippen LogP contribution is 2.35. The Bertz CT molecular complexity index is 390. The fourth-order valence-electron chi connectivity index (χ4n) is 6.93. The summed E-state index contributed by atoms with van der Waals surface area (Å²) in [5, 5.41) is 0. The summed E-state index contributed by atoms with van der Waals surface area (Å²) in [7, 11) is -1.10. The Labute approximate surface area is 252 Å². The highest BCUT2D eigenvalue weighted by molar-refractivity contribution is 6.79. The number of rotatable bonds is 34. The van der Waals surface area contributed by atoms with Crippen molar-refractivity contribution in [1.82, 2.24) is 0 Å². The van der Waals surface area contributed by atoms with Gasteiger partial charge in [-0.05, 0) is 0 Å². The highest BCUT2D eigenvalue weighted by Gasteiger charge is 2.30. The number of hydrogen-bond acceptors (Lipinski definition) is 0. The zero-order chi connectivity index (χ0) is 28.5. The standard InChI is InChI=1S/C38H80Si/c1-5-9-13-17-21-22-23-24-25-26-30-34-38-39(35-31-27-18-14-10-6-2,36-32-28-19-15-11-7-3)37-33-29-20-16-12-8-4/h5-38H2,1-4H3. The van der Waals surface area contributed by atoms with Gasteiger partial charge in [-0.25, -0.2) is 0 Å². The molecule has 0 amide bonds. The molecule has 0 nitrogen and oxygen atoms in total. The van der Waals surface area contributed by atoms with Gasteiger partial charge in [-0.15, -0.1) is 0 Å². The van der Waals surface area contributed by atoms with Gasteiger partial charge in [0.1, 0.15) is 0 Å². The highest BCUT2D eigenvalue weighted by atomic mass is 28.3. The maximum atomic E-state index is 2.35. The lowest BCUT2D eigenvalue weighted by molar-refractivity contribution is 0.546. The molecule has 0 aliphatic rings. The second-order valence-corrected chi connectivity index (χ2v) is 18.7. The minimum Gasteiger partial charge on any atom is -0.0654 e. The van der Waals surface area contributed by atoms with Gasteiger partial charge in [-0.3, -0.25) is 0 Å². The van der Waals surface area contributed by atoms with Crippen molar-refractivity contribution in [3.05, 3.63) is 0 Å². The molecule has 0 aliphatic carbocycles. The predicted molar refractivity (Wildman–Crippen MR) is 186 cm³/mol. The van der Waals surface area contributed by atoms with Gasteiger partial charge in [0.2, 0.25) is 0 Å². The number of unbranched alkanes of at least 4 members (excludes halogenated alkanes) is 26. The van der Waals surface area contributed by atoms with Gasteiger partial charge in [0.05, 0.1) is 8.07 Å². The van der Waals surface area contributed by atoms with E-state index in [4.69, 9.17) is 0 Å². The van der Waals surface area contributed by atoms with Gasteiger partial charge in [0.15, 0.2) is 0 Å². The minimum absolute atomic E-state index is 1.10. The molecule has 0 aliphatic heterocycles. The minimum atomic E-state index is -1.10. The van der Waals surface area contributed by atoms with Gasteiger partial charge < -0.3 is 0 Å². The summed E-state index contributed by atoms with van der Waals surface area (Å²) in [5.74, 6) is 0. The third-order valence-electron chi connectivity index (χ3n) is 9.74. The fraction of sp³-hybridized carbons (Fsp3) is 1.00. The first-order valence-corrected chi connectivity index (χ1v) is 22.1. The Morgan fingerprint density at radius 1 is 0.205 bits per heavy atom. The summed E-state index contributed by atoms with van der Waals surface area (Å²) >= 11 is 0. The molecule has 0 aromatic rings. The lowest BCUT2D eigenvalue weighted by Crippen LogP contribution is -2.34. The second kappa shape index (κ2) is 32.7. The van der Waals surface area contributed by atoms with E-state index in [0.717, 1.165) is 0 Å². The van der Waals surface area contributed by atoms with Crippen molar-refractivity contribution in [3.8, 4) is 0 Å². The third-order valence-corrected chi connectivity index (χ3v) is 15.4. The summed E-state index contributed by atoms with van der Waals surface area (Å²) in [6.45, 7) is 9.39. The van der Waals surface area contributed by atoms with E-state index >= 15 is 0 Å². The molecule has 0 radical (unpaired) electrons. The molecule has 0 aromatic carbocycles. The van der Waals surface area contributed by atoms with Gasteiger partial charge in [0, 0.05) is 0 Å². The van der Waals surface area contributed by atoms with Crippen LogP contribution in [0.4, 0.5) is 0 Å². The van der Waals surface area contributed by atoms with Crippen LogP contribution in [0.5, 0.6) is 0 Å². The van der Waals surface area contributed by atoms with E-state index < -0.39 is 8.07 Å². The molecule has 0 bridgehead atoms. The normalized spacial score (nSPS) is 12.0. The Hall–Kier alpha value is 0.217. The van der Waals surface area contributed by atoms with Gasteiger partial charge >= 0.3 is 0 Å². The average molecular weight is 565 g/mol. The molecule has 0 N–H and O–H groups in total. The molecule has 39 heavy (non-hydrogen) atoms. The van der Waals surface area contributed by atoms with E-state index in [9.17, 15) is 0 Å². The first-order valence-electron chi connectivity index (χ1n) is 19.2. The van der Waals surface area contributed by atoms with Crippen LogP contribution in [0.2, 0.25) is 24.2 Å². The summed E-state index contributed by atoms with van der Waals surface area (Å²) in [6, 6.07) is 6.73. The molecule has 0 atom stereocenters. The van der Waals surface area contributed by atoms with Crippen molar-refractivity contribution in [1.29, 1.82) is 0 Å². The molecule has 0 aromatic heterocycles. The molecule has 0 spiro atoms. The summed E-state index contributed by atoms with van der Waals surface area (Å²) in [4.78, 5) is 0. The van der Waals surface area contributed by atoms with Crippen LogP contribution in [-0.2, 0) is 0 Å². The summed E-state index contributed by atoms with van der Waals surface area (Å²) < 4.78 is 0. The SMILES string of the molecule is CCCCCCCCCCCCCC[Si](CCCCCCCC)(CCCCCCCC)CCCCCCCC. The summed E-state index contributed by atoms with van der Waals surface area (Å²) in [5.41, 5.74) is 0. The molecule has 0 saturated carbocycles. The van der Waals surface area contributed by atoms with Crippen LogP contribution in [0.25, 0.3) is 0 Å². The van der Waals surface area contributed by atoms with Crippen molar-refractivity contribution < 1.29 is 0 Å². The first-order chi connectivity index (χ1) is 19.2. The average Bonchev–Trinajstić information content (AvgIpc) is 2.95. The molecule has 0 heterocycles. The van der Waals surface area contributed by atoms with Crippen LogP contribution >= 0.6 is 0 Å². The molecular formula is C38H80Si. The van der Waals surface area contributed by atoms with E-state index in [-0.39, 0.29) is 0 Å². The van der Waals surface area contributed by atoms with Crippen LogP contribution < -0.4 is 0 Å². The topological polar surface area (TPSA) is 0 Å². The number of hydrogen-bond donors (Lipinski definition) is 0. The van der Waals surface area contributed by atoms with E-state index in [1.165, 1.54) is 167 Å². The lowest BCUT2D eigenvalue weighted by Gasteiger charge is -2.33. The predicted octanol–water partition coefficient (Wildman–Crippen LogP) is 15.2. The van der Waals surface area contributed by atoms with Crippen molar-refractivity contribution in [2.45, 2.75) is 244 Å². The van der Waals surface area contributed by atoms with E-state index in [0.29, 0.717) is 0 Å². The molecule has 236 valence electrons. The Morgan fingerprint density at radius 3 is 0.538 bits per heavy atom. The van der Waals surface area contributed by atoms with E-state index in [1.807, 2.05) is 0 Å². The Morgan fingerprint density at radius 2 is 0.359 bits per heavy atom. The molecule has 0 rings (SSSR count). The van der Waals surface area contributed by atoms with Crippen molar-refractivity contribution in [2.75, 3.05) is 0 Å². The molecule has 0 unspecified atom stereocenters. The molecule has 0 saturated heterocycles. The Kier molecular flexibility index (Phi) is 32.9.